The van der Waals surface area contributed by atoms with Gasteiger partial charge in [0.15, 0.2) is 0 Å². The lowest BCUT2D eigenvalue weighted by molar-refractivity contribution is 0.664. The molecule has 0 atom stereocenters. The van der Waals surface area contributed by atoms with Gasteiger partial charge >= 0.3 is 5.69 Å². The van der Waals surface area contributed by atoms with Crippen molar-refractivity contribution in [3.8, 4) is 0 Å². The van der Waals surface area contributed by atoms with E-state index in [1.54, 1.807) is 17.0 Å². The molecule has 7 heteroatoms. The second-order valence-corrected chi connectivity index (χ2v) is 7.20. The fourth-order valence-corrected chi connectivity index (χ4v) is 3.89. The van der Waals surface area contributed by atoms with Crippen LogP contribution in [0.1, 0.15) is 37.2 Å². The van der Waals surface area contributed by atoms with Gasteiger partial charge in [-0.05, 0) is 31.4 Å². The van der Waals surface area contributed by atoms with Gasteiger partial charge < -0.3 is 4.40 Å². The lowest BCUT2D eigenvalue weighted by Gasteiger charge is -2.04. The summed E-state index contributed by atoms with van der Waals surface area (Å²) in [6.45, 7) is 2.53. The molecule has 6 nitrogen and oxygen atoms in total. The van der Waals surface area contributed by atoms with Crippen molar-refractivity contribution in [3.05, 3.63) is 63.7 Å². The van der Waals surface area contributed by atoms with E-state index in [0.717, 1.165) is 47.3 Å². The Hall–Kier alpha value is -2.60. The third kappa shape index (κ3) is 2.29. The van der Waals surface area contributed by atoms with E-state index in [-0.39, 0.29) is 5.69 Å². The molecule has 1 saturated carbocycles. The van der Waals surface area contributed by atoms with Crippen molar-refractivity contribution in [2.75, 3.05) is 0 Å². The fourth-order valence-electron chi connectivity index (χ4n) is 3.74. The summed E-state index contributed by atoms with van der Waals surface area (Å²) in [5.74, 6) is 0. The largest absolute Gasteiger partial charge is 0.329 e. The van der Waals surface area contributed by atoms with E-state index >= 15 is 0 Å². The molecule has 1 aliphatic rings. The zero-order valence-electron chi connectivity index (χ0n) is 14.4. The Morgan fingerprint density at radius 3 is 2.88 bits per heavy atom. The summed E-state index contributed by atoms with van der Waals surface area (Å²) in [4.78, 5) is 22.1. The number of fused-ring (bicyclic) bond motifs is 2. The molecular formula is C19H18ClN5O. The van der Waals surface area contributed by atoms with Gasteiger partial charge in [-0.3, -0.25) is 14.1 Å². The van der Waals surface area contributed by atoms with E-state index in [2.05, 4.69) is 11.9 Å². The molecule has 26 heavy (non-hydrogen) atoms. The summed E-state index contributed by atoms with van der Waals surface area (Å²) in [5, 5.41) is 0.656. The highest BCUT2D eigenvalue weighted by Gasteiger charge is 2.29. The molecule has 4 aromatic heterocycles. The molecule has 1 fully saturated rings. The van der Waals surface area contributed by atoms with Crippen LogP contribution in [0, 0.1) is 0 Å². The lowest BCUT2D eigenvalue weighted by atomic mass is 10.2. The molecule has 0 saturated heterocycles. The van der Waals surface area contributed by atoms with Gasteiger partial charge in [0.05, 0.1) is 29.5 Å². The van der Waals surface area contributed by atoms with Crippen LogP contribution in [0.3, 0.4) is 0 Å². The molecule has 1 aliphatic carbocycles. The quantitative estimate of drug-likeness (QED) is 0.555. The minimum Gasteiger partial charge on any atom is -0.304 e. The maximum atomic E-state index is 13.1. The molecule has 0 N–H and O–H groups in total. The Morgan fingerprint density at radius 1 is 1.27 bits per heavy atom. The van der Waals surface area contributed by atoms with Crippen molar-refractivity contribution < 1.29 is 0 Å². The second kappa shape index (κ2) is 5.71. The van der Waals surface area contributed by atoms with Crippen molar-refractivity contribution >= 4 is 28.3 Å². The first-order chi connectivity index (χ1) is 12.7. The predicted molar refractivity (Wildman–Crippen MR) is 101 cm³/mol. The van der Waals surface area contributed by atoms with Crippen LogP contribution in [-0.2, 0) is 13.0 Å². The Kier molecular flexibility index (Phi) is 3.43. The molecule has 5 rings (SSSR count). The summed E-state index contributed by atoms with van der Waals surface area (Å²) >= 11 is 6.11. The molecule has 0 aliphatic heterocycles. The molecule has 0 spiro atoms. The van der Waals surface area contributed by atoms with Gasteiger partial charge in [0.2, 0.25) is 0 Å². The maximum absolute atomic E-state index is 13.1. The van der Waals surface area contributed by atoms with Crippen molar-refractivity contribution in [1.82, 2.24) is 23.5 Å². The molecule has 4 aromatic rings. The van der Waals surface area contributed by atoms with Crippen LogP contribution in [0.2, 0.25) is 5.02 Å². The maximum Gasteiger partial charge on any atom is 0.329 e. The standard InChI is InChI=1S/C19H18ClN5O/c1-2-15-14(22-18-9-12(20)6-8-23(15)18)11-24-17-10-21-7-5-16(17)25(19(24)26)13-3-4-13/h5-10,13H,2-4,11H2,1H3. The van der Waals surface area contributed by atoms with Gasteiger partial charge in [-0.1, -0.05) is 18.5 Å². The van der Waals surface area contributed by atoms with E-state index in [9.17, 15) is 4.79 Å². The van der Waals surface area contributed by atoms with Gasteiger partial charge in [0.25, 0.3) is 0 Å². The molecule has 4 heterocycles. The molecular weight excluding hydrogens is 350 g/mol. The smallest absolute Gasteiger partial charge is 0.304 e. The van der Waals surface area contributed by atoms with Crippen LogP contribution < -0.4 is 5.69 Å². The predicted octanol–water partition coefficient (Wildman–Crippen LogP) is 3.44. The normalized spacial score (nSPS) is 14.5. The minimum absolute atomic E-state index is 0.0210. The van der Waals surface area contributed by atoms with Crippen LogP contribution in [0.25, 0.3) is 16.7 Å². The zero-order valence-corrected chi connectivity index (χ0v) is 15.1. The Bertz CT molecular complexity index is 1200. The molecule has 0 radical (unpaired) electrons. The summed E-state index contributed by atoms with van der Waals surface area (Å²) in [7, 11) is 0. The van der Waals surface area contributed by atoms with Crippen molar-refractivity contribution in [3.63, 3.8) is 0 Å². The number of aryl methyl sites for hydroxylation is 1. The first-order valence-electron chi connectivity index (χ1n) is 8.87. The monoisotopic (exact) mass is 367 g/mol. The number of pyridine rings is 2. The third-order valence-electron chi connectivity index (χ3n) is 5.09. The van der Waals surface area contributed by atoms with Crippen molar-refractivity contribution in [2.24, 2.45) is 0 Å². The van der Waals surface area contributed by atoms with Crippen molar-refractivity contribution in [2.45, 2.75) is 38.8 Å². The minimum atomic E-state index is 0.0210. The van der Waals surface area contributed by atoms with Crippen LogP contribution in [0.15, 0.2) is 41.6 Å². The van der Waals surface area contributed by atoms with Gasteiger partial charge in [-0.15, -0.1) is 0 Å². The van der Waals surface area contributed by atoms with E-state index in [1.807, 2.05) is 33.4 Å². The number of hydrogen-bond acceptors (Lipinski definition) is 3. The SMILES string of the molecule is CCc1c(Cn2c(=O)n(C3CC3)c3ccncc32)nc2cc(Cl)ccn12. The molecule has 0 unspecified atom stereocenters. The molecule has 132 valence electrons. The molecule has 0 aromatic carbocycles. The molecule has 0 amide bonds. The van der Waals surface area contributed by atoms with Crippen LogP contribution in [0.5, 0.6) is 0 Å². The van der Waals surface area contributed by atoms with Gasteiger partial charge in [0, 0.05) is 35.2 Å². The lowest BCUT2D eigenvalue weighted by Crippen LogP contribution is -2.24. The summed E-state index contributed by atoms with van der Waals surface area (Å²) in [5.41, 5.74) is 4.64. The highest BCUT2D eigenvalue weighted by molar-refractivity contribution is 6.30. The van der Waals surface area contributed by atoms with E-state index < -0.39 is 0 Å². The average Bonchev–Trinajstić information content (AvgIpc) is 3.35. The van der Waals surface area contributed by atoms with Gasteiger partial charge in [-0.25, -0.2) is 9.78 Å². The number of nitrogens with zero attached hydrogens (tertiary/aromatic N) is 5. The highest BCUT2D eigenvalue weighted by atomic mass is 35.5. The summed E-state index contributed by atoms with van der Waals surface area (Å²) < 4.78 is 5.75. The number of halogens is 1. The number of rotatable bonds is 4. The van der Waals surface area contributed by atoms with Crippen LogP contribution >= 0.6 is 11.6 Å². The van der Waals surface area contributed by atoms with Crippen LogP contribution in [0.4, 0.5) is 0 Å². The number of hydrogen-bond donors (Lipinski definition) is 0. The highest BCUT2D eigenvalue weighted by Crippen LogP contribution is 2.36. The topological polar surface area (TPSA) is 57.1 Å². The van der Waals surface area contributed by atoms with E-state index in [1.165, 1.54) is 0 Å². The van der Waals surface area contributed by atoms with Crippen molar-refractivity contribution in [1.29, 1.82) is 0 Å². The fraction of sp³-hybridized carbons (Fsp3) is 0.316. The van der Waals surface area contributed by atoms with Gasteiger partial charge in [0.1, 0.15) is 5.65 Å². The third-order valence-corrected chi connectivity index (χ3v) is 5.32. The Balaban J connectivity index is 1.70. The second-order valence-electron chi connectivity index (χ2n) is 6.77. The first kappa shape index (κ1) is 15.6. The van der Waals surface area contributed by atoms with E-state index in [0.29, 0.717) is 17.6 Å². The first-order valence-corrected chi connectivity index (χ1v) is 9.25. The summed E-state index contributed by atoms with van der Waals surface area (Å²) in [6, 6.07) is 5.95. The Morgan fingerprint density at radius 2 is 2.12 bits per heavy atom. The number of imidazole rings is 2. The van der Waals surface area contributed by atoms with Gasteiger partial charge in [-0.2, -0.15) is 0 Å². The average molecular weight is 368 g/mol. The summed E-state index contributed by atoms with van der Waals surface area (Å²) in [6.07, 6.45) is 8.41. The molecule has 0 bridgehead atoms. The Labute approximate surface area is 154 Å². The van der Waals surface area contributed by atoms with Crippen LogP contribution in [-0.4, -0.2) is 23.5 Å². The number of aromatic nitrogens is 5. The zero-order chi connectivity index (χ0) is 17.8. The van der Waals surface area contributed by atoms with E-state index in [4.69, 9.17) is 16.6 Å².